The van der Waals surface area contributed by atoms with E-state index in [-0.39, 0.29) is 87.4 Å². The number of carbonyl (C=O) groups excluding carboxylic acids is 3. The number of nitrogens with one attached hydrogen (secondary N) is 2. The summed E-state index contributed by atoms with van der Waals surface area (Å²) in [4.78, 5) is 48.1. The number of carboxylic acids is 1. The van der Waals surface area contributed by atoms with E-state index in [9.17, 15) is 29.4 Å². The second-order valence-electron chi connectivity index (χ2n) is 25.1. The molecule has 0 saturated carbocycles. The van der Waals surface area contributed by atoms with Gasteiger partial charge in [0.15, 0.2) is 0 Å². The number of Topliss-reactive ketones (excluding diaryl/α,β-unsaturated/α-hetero) is 1. The summed E-state index contributed by atoms with van der Waals surface area (Å²) in [7, 11) is 0. The van der Waals surface area contributed by atoms with Crippen LogP contribution in [0.3, 0.4) is 0 Å². The second-order valence-corrected chi connectivity index (χ2v) is 25.1. The molecule has 0 aliphatic carbocycles. The number of allylic oxidation sites excluding steroid dienone is 6. The highest BCUT2D eigenvalue weighted by atomic mass is 16.6. The average Bonchev–Trinajstić information content (AvgIpc) is 1.75. The van der Waals surface area contributed by atoms with Crippen LogP contribution in [-0.2, 0) is 47.6 Å². The molecule has 18 nitrogen and oxygen atoms in total. The van der Waals surface area contributed by atoms with E-state index in [4.69, 9.17) is 50.7 Å². The Kier molecular flexibility index (Phi) is 35.6. The summed E-state index contributed by atoms with van der Waals surface area (Å²) in [5, 5.41) is 36.8. The molecule has 0 radical (unpaired) electrons. The lowest BCUT2D eigenvalue weighted by atomic mass is 9.86. The van der Waals surface area contributed by atoms with Gasteiger partial charge in [-0.2, -0.15) is 0 Å². The first-order valence-electron chi connectivity index (χ1n) is 31.2. The quantitative estimate of drug-likeness (QED) is 0.0157. The molecule has 6 rings (SSSR count). The fourth-order valence-electron chi connectivity index (χ4n) is 11.1. The van der Waals surface area contributed by atoms with Crippen molar-refractivity contribution in [2.24, 2.45) is 40.9 Å². The van der Waals surface area contributed by atoms with Gasteiger partial charge in [-0.25, -0.2) is 0 Å². The van der Waals surface area contributed by atoms with E-state index in [1.54, 1.807) is 18.2 Å². The number of carboxylic acid groups (broad SMARTS) is 1. The van der Waals surface area contributed by atoms with E-state index in [0.717, 1.165) is 88.4 Å². The third kappa shape index (κ3) is 27.6. The maximum atomic E-state index is 12.6. The van der Waals surface area contributed by atoms with Crippen LogP contribution >= 0.6 is 0 Å². The Bertz CT molecular complexity index is 2170. The molecule has 0 aromatic carbocycles. The van der Waals surface area contributed by atoms with Crippen molar-refractivity contribution in [2.75, 3.05) is 32.8 Å². The van der Waals surface area contributed by atoms with Gasteiger partial charge < -0.3 is 71.6 Å². The SMILES string of the molecule is C.C.CC(/C=C/[C@H]1O[C@H](CC(=O)CCCCCCN)C[C@@]2(CO2)[C@@H]1O)=C\C[C@@H]1O[C@H](C)[C@H](NC(=O)/C=C\C(C)C)C[C@@H]1C.CC(/C=C/[C@H]1O[C@H](CC(=O)O)C[C@@]2(CO2)[C@@H]1O)=C\C[C@@H]1O[C@H](C)[C@H](NC(=O)/C=C\C(C)C)C[C@@H]1C.NCCCCCN. The molecule has 6 aliphatic rings. The Labute approximate surface area is 512 Å². The number of aliphatic hydroxyl groups excluding tert-OH is 2. The molecule has 0 aromatic rings. The Hall–Kier alpha value is -3.92. The fourth-order valence-corrected chi connectivity index (χ4v) is 11.1. The van der Waals surface area contributed by atoms with Crippen molar-refractivity contribution in [3.63, 3.8) is 0 Å². The predicted octanol–water partition coefficient (Wildman–Crippen LogP) is 9.04. The molecule has 488 valence electrons. The molecule has 2 amide bonds. The average molecular weight is 1200 g/mol. The molecule has 0 aromatic heterocycles. The Morgan fingerprint density at radius 3 is 1.32 bits per heavy atom. The molecule has 85 heavy (non-hydrogen) atoms. The van der Waals surface area contributed by atoms with Crippen LogP contribution in [0, 0.1) is 23.7 Å². The number of rotatable bonds is 28. The van der Waals surface area contributed by atoms with Gasteiger partial charge in [0.1, 0.15) is 41.4 Å². The minimum Gasteiger partial charge on any atom is -0.481 e. The van der Waals surface area contributed by atoms with Gasteiger partial charge in [-0.1, -0.05) is 135 Å². The van der Waals surface area contributed by atoms with Crippen molar-refractivity contribution in [1.82, 2.24) is 10.6 Å². The number of nitrogens with two attached hydrogens (primary N) is 3. The summed E-state index contributed by atoms with van der Waals surface area (Å²) >= 11 is 0. The number of aliphatic hydroxyl groups is 2. The number of ether oxygens (including phenoxy) is 6. The molecule has 6 aliphatic heterocycles. The lowest BCUT2D eigenvalue weighted by molar-refractivity contribution is -0.155. The van der Waals surface area contributed by atoms with Gasteiger partial charge in [0, 0.05) is 25.7 Å². The minimum absolute atomic E-state index is 0. The van der Waals surface area contributed by atoms with Crippen molar-refractivity contribution in [3.05, 3.63) is 71.9 Å². The zero-order valence-corrected chi connectivity index (χ0v) is 52.0. The van der Waals surface area contributed by atoms with Crippen LogP contribution in [0.4, 0.5) is 0 Å². The van der Waals surface area contributed by atoms with Gasteiger partial charge in [0.25, 0.3) is 0 Å². The molecule has 16 atom stereocenters. The molecule has 0 bridgehead atoms. The Morgan fingerprint density at radius 1 is 0.576 bits per heavy atom. The summed E-state index contributed by atoms with van der Waals surface area (Å²) in [5.41, 5.74) is 16.8. The third-order valence-corrected chi connectivity index (χ3v) is 16.5. The standard InChI is InChI=1S/C33H54N2O6.C27H41NO7.C5H14N2.2CH4/c1-22(2)11-16-31(37)35-28-18-24(4)29(40-25(28)5)14-12-23(3)13-15-30-32(38)33(21-39-33)20-27(41-30)19-26(36)10-8-6-7-9-17-34;1-16(2)6-11-24(29)28-21-12-18(4)22(34-19(21)5)9-7-17(3)8-10-23-26(32)27(15-33-27)14-20(35-23)13-25(30)31;6-4-2-1-3-5-7;;/h11-13,15-16,22,24-25,27-30,32,38H,6-10,14,17-21,34H2,1-5H3,(H,35,37);6-8,10-11,16,18-23,26,32H,9,12-15H2,1-5H3,(H,28,29)(H,30,31);1-7H2;2*1H4/b15-13+,16-11-,23-12+;10-8+,11-6-,17-7+;;;/t24-,25+,27+,28+,29-,30+,32+,33+;18-,19+,20+,21+,22-,23+,26+,27+;;;/m00.../s1. The summed E-state index contributed by atoms with van der Waals surface area (Å²) in [6.45, 7) is 23.7. The molecule has 0 unspecified atom stereocenters. The monoisotopic (exact) mass is 1200 g/mol. The number of carbonyl (C=O) groups is 4. The van der Waals surface area contributed by atoms with Crippen LogP contribution in [0.1, 0.15) is 187 Å². The largest absolute Gasteiger partial charge is 0.481 e. The lowest BCUT2D eigenvalue weighted by Crippen LogP contribution is -2.50. The van der Waals surface area contributed by atoms with Crippen LogP contribution in [0.15, 0.2) is 71.9 Å². The highest BCUT2D eigenvalue weighted by molar-refractivity contribution is 5.88. The summed E-state index contributed by atoms with van der Waals surface area (Å²) in [6.07, 6.45) is 27.7. The molecule has 6 fully saturated rings. The second kappa shape index (κ2) is 39.2. The number of hydrogen-bond donors (Lipinski definition) is 8. The van der Waals surface area contributed by atoms with Crippen LogP contribution in [0.2, 0.25) is 0 Å². The summed E-state index contributed by atoms with van der Waals surface area (Å²) in [6, 6.07) is -0.0235. The van der Waals surface area contributed by atoms with Crippen LogP contribution < -0.4 is 27.8 Å². The number of amides is 2. The first-order chi connectivity index (χ1) is 39.4. The highest BCUT2D eigenvalue weighted by Crippen LogP contribution is 2.45. The van der Waals surface area contributed by atoms with Crippen LogP contribution in [-0.4, -0.2) is 156 Å². The van der Waals surface area contributed by atoms with Gasteiger partial charge in [-0.3, -0.25) is 19.2 Å². The zero-order valence-electron chi connectivity index (χ0n) is 52.0. The normalized spacial score (nSPS) is 32.9. The van der Waals surface area contributed by atoms with E-state index in [1.165, 1.54) is 6.42 Å². The van der Waals surface area contributed by atoms with Gasteiger partial charge in [0.05, 0.1) is 68.3 Å². The van der Waals surface area contributed by atoms with Crippen molar-refractivity contribution < 1.29 is 62.9 Å². The molecular weight excluding hydrogens is 1080 g/mol. The van der Waals surface area contributed by atoms with Gasteiger partial charge >= 0.3 is 5.97 Å². The maximum absolute atomic E-state index is 12.6. The number of ketones is 1. The van der Waals surface area contributed by atoms with E-state index >= 15 is 0 Å². The smallest absolute Gasteiger partial charge is 0.305 e. The molecule has 18 heteroatoms. The topological polar surface area (TPSA) is 293 Å². The molecule has 6 saturated heterocycles. The van der Waals surface area contributed by atoms with Crippen LogP contribution in [0.25, 0.3) is 0 Å². The zero-order chi connectivity index (χ0) is 61.3. The number of unbranched alkanes of at least 4 members (excludes halogenated alkanes) is 5. The Balaban J connectivity index is 0.000000514. The summed E-state index contributed by atoms with van der Waals surface area (Å²) in [5.74, 6) is 0.377. The lowest BCUT2D eigenvalue weighted by Gasteiger charge is -2.39. The predicted molar refractivity (Wildman–Crippen MR) is 338 cm³/mol. The van der Waals surface area contributed by atoms with Crippen molar-refractivity contribution in [2.45, 2.75) is 271 Å². The molecule has 2 spiro atoms. The van der Waals surface area contributed by atoms with Crippen LogP contribution in [0.5, 0.6) is 0 Å². The maximum Gasteiger partial charge on any atom is 0.305 e. The van der Waals surface area contributed by atoms with E-state index < -0.39 is 47.7 Å². The van der Waals surface area contributed by atoms with Gasteiger partial charge in [0.2, 0.25) is 11.8 Å². The number of aliphatic carboxylic acids is 1. The fraction of sp³-hybridized carbons (Fsp3) is 0.761. The molecular formula is C67H117N5O13. The Morgan fingerprint density at radius 2 is 0.953 bits per heavy atom. The van der Waals surface area contributed by atoms with E-state index in [1.807, 2.05) is 85.8 Å². The molecule has 6 heterocycles. The molecule has 11 N–H and O–H groups in total. The minimum atomic E-state index is -0.925. The first kappa shape index (κ1) is 77.2. The van der Waals surface area contributed by atoms with E-state index in [2.05, 4.69) is 36.6 Å². The number of hydrogen-bond acceptors (Lipinski definition) is 15. The van der Waals surface area contributed by atoms with E-state index in [0.29, 0.717) is 63.2 Å². The van der Waals surface area contributed by atoms with Crippen molar-refractivity contribution >= 4 is 23.6 Å². The van der Waals surface area contributed by atoms with Gasteiger partial charge in [-0.15, -0.1) is 0 Å². The third-order valence-electron chi connectivity index (χ3n) is 16.5. The van der Waals surface area contributed by atoms with Gasteiger partial charge in [-0.05, 0) is 135 Å². The summed E-state index contributed by atoms with van der Waals surface area (Å²) < 4.78 is 35.8. The number of epoxide rings is 2. The van der Waals surface area contributed by atoms with Crippen molar-refractivity contribution in [3.8, 4) is 0 Å². The highest BCUT2D eigenvalue weighted by Gasteiger charge is 2.59. The first-order valence-corrected chi connectivity index (χ1v) is 31.2. The van der Waals surface area contributed by atoms with Crippen molar-refractivity contribution in [1.29, 1.82) is 0 Å².